The van der Waals surface area contributed by atoms with Crippen molar-refractivity contribution in [1.29, 1.82) is 0 Å². The zero-order chi connectivity index (χ0) is 18.8. The van der Waals surface area contributed by atoms with Crippen molar-refractivity contribution in [2.75, 3.05) is 26.2 Å². The molecule has 0 fully saturated rings. The lowest BCUT2D eigenvalue weighted by atomic mass is 10.1. The monoisotopic (exact) mass is 522 g/mol. The number of nitrogens with one attached hydrogen (secondary N) is 3. The second-order valence-electron chi connectivity index (χ2n) is 5.96. The van der Waals surface area contributed by atoms with Gasteiger partial charge in [0.2, 0.25) is 0 Å². The first-order valence-electron chi connectivity index (χ1n) is 8.63. The van der Waals surface area contributed by atoms with Gasteiger partial charge in [0.1, 0.15) is 5.60 Å². The van der Waals surface area contributed by atoms with Crippen LogP contribution in [0.2, 0.25) is 0 Å². The van der Waals surface area contributed by atoms with E-state index in [-0.39, 0.29) is 36.4 Å². The third-order valence-corrected chi connectivity index (χ3v) is 5.61. The average Bonchev–Trinajstić information content (AvgIpc) is 3.32. The quantitative estimate of drug-likeness (QED) is 0.177. The Morgan fingerprint density at radius 1 is 1.15 bits per heavy atom. The van der Waals surface area contributed by atoms with Gasteiger partial charge >= 0.3 is 0 Å². The normalized spacial score (nSPS) is 13.4. The van der Waals surface area contributed by atoms with Crippen molar-refractivity contribution >= 4 is 58.5 Å². The molecule has 2 aromatic heterocycles. The zero-order valence-electron chi connectivity index (χ0n) is 15.5. The van der Waals surface area contributed by atoms with Crippen LogP contribution in [-0.4, -0.2) is 43.2 Å². The number of carbonyl (C=O) groups is 1. The molecule has 9 heteroatoms. The van der Waals surface area contributed by atoms with E-state index in [0.29, 0.717) is 19.0 Å². The minimum absolute atomic E-state index is 0. The summed E-state index contributed by atoms with van der Waals surface area (Å²) in [6, 6.07) is 7.52. The molecular weight excluding hydrogens is 495 g/mol. The van der Waals surface area contributed by atoms with Crippen LogP contribution >= 0.6 is 46.7 Å². The third kappa shape index (κ3) is 8.16. The Morgan fingerprint density at radius 2 is 1.85 bits per heavy atom. The van der Waals surface area contributed by atoms with Crippen molar-refractivity contribution in [2.24, 2.45) is 4.99 Å². The fraction of sp³-hybridized carbons (Fsp3) is 0.444. The Labute approximate surface area is 185 Å². The van der Waals surface area contributed by atoms with E-state index in [4.69, 9.17) is 0 Å². The first kappa shape index (κ1) is 23.9. The van der Waals surface area contributed by atoms with E-state index in [1.54, 1.807) is 6.92 Å². The maximum atomic E-state index is 11.8. The smallest absolute Gasteiger partial charge is 0.261 e. The molecule has 2 rings (SSSR count). The molecule has 1 amide bonds. The van der Waals surface area contributed by atoms with Gasteiger partial charge in [-0.05, 0) is 43.2 Å². The molecule has 2 heterocycles. The maximum absolute atomic E-state index is 11.8. The standard InChI is InChI=1S/C18H26N4O2S2.HI/c1-3-19-17(22-13-18(2,24)15-8-5-12-26-15)21-10-6-9-20-16(23)14-7-4-11-25-14;/h4-5,7-8,11-12,24H,3,6,9-10,13H2,1-2H3,(H,20,23)(H2,19,21,22);1H. The highest BCUT2D eigenvalue weighted by atomic mass is 127. The molecule has 6 nitrogen and oxygen atoms in total. The molecular formula is C18H27IN4O2S2. The lowest BCUT2D eigenvalue weighted by molar-refractivity contribution is 0.0711. The number of hydrogen-bond donors (Lipinski definition) is 4. The van der Waals surface area contributed by atoms with E-state index in [1.807, 2.05) is 41.9 Å². The van der Waals surface area contributed by atoms with Crippen molar-refractivity contribution in [1.82, 2.24) is 16.0 Å². The lowest BCUT2D eigenvalue weighted by Crippen LogP contribution is -2.40. The number of nitrogens with zero attached hydrogens (tertiary/aromatic N) is 1. The van der Waals surface area contributed by atoms with Crippen molar-refractivity contribution in [3.8, 4) is 0 Å². The lowest BCUT2D eigenvalue weighted by Gasteiger charge is -2.20. The first-order chi connectivity index (χ1) is 12.5. The molecule has 2 aromatic rings. The Hall–Kier alpha value is -1.17. The summed E-state index contributed by atoms with van der Waals surface area (Å²) in [6.07, 6.45) is 0.781. The molecule has 0 aromatic carbocycles. The van der Waals surface area contributed by atoms with Crippen LogP contribution < -0.4 is 16.0 Å². The van der Waals surface area contributed by atoms with Gasteiger partial charge in [-0.3, -0.25) is 4.79 Å². The van der Waals surface area contributed by atoms with Gasteiger partial charge in [-0.1, -0.05) is 12.1 Å². The van der Waals surface area contributed by atoms with Crippen molar-refractivity contribution in [3.63, 3.8) is 0 Å². The average molecular weight is 522 g/mol. The molecule has 4 N–H and O–H groups in total. The summed E-state index contributed by atoms with van der Waals surface area (Å²) in [5.74, 6) is 0.626. The summed E-state index contributed by atoms with van der Waals surface area (Å²) in [6.45, 7) is 6.05. The van der Waals surface area contributed by atoms with Gasteiger partial charge in [0.05, 0.1) is 11.4 Å². The molecule has 0 spiro atoms. The highest BCUT2D eigenvalue weighted by Gasteiger charge is 2.23. The summed E-state index contributed by atoms with van der Waals surface area (Å²) in [4.78, 5) is 17.9. The summed E-state index contributed by atoms with van der Waals surface area (Å²) in [7, 11) is 0. The Bertz CT molecular complexity index is 688. The number of amides is 1. The molecule has 0 radical (unpaired) electrons. The first-order valence-corrected chi connectivity index (χ1v) is 10.4. The molecule has 0 saturated heterocycles. The van der Waals surface area contributed by atoms with Gasteiger partial charge < -0.3 is 21.1 Å². The molecule has 0 aliphatic rings. The van der Waals surface area contributed by atoms with Crippen LogP contribution in [0.5, 0.6) is 0 Å². The number of halogens is 1. The van der Waals surface area contributed by atoms with Gasteiger partial charge in [0.25, 0.3) is 5.91 Å². The van der Waals surface area contributed by atoms with Crippen molar-refractivity contribution in [2.45, 2.75) is 25.9 Å². The summed E-state index contributed by atoms with van der Waals surface area (Å²) < 4.78 is 0. The second-order valence-corrected chi connectivity index (χ2v) is 7.86. The number of thiophene rings is 2. The summed E-state index contributed by atoms with van der Waals surface area (Å²) in [5, 5.41) is 23.7. The SMILES string of the molecule is CCNC(=NCC(C)(O)c1cccs1)NCCCNC(=O)c1cccs1.I. The zero-order valence-corrected chi connectivity index (χ0v) is 19.5. The molecule has 0 saturated carbocycles. The summed E-state index contributed by atoms with van der Waals surface area (Å²) >= 11 is 2.96. The molecule has 150 valence electrons. The van der Waals surface area contributed by atoms with E-state index in [9.17, 15) is 9.90 Å². The Morgan fingerprint density at radius 3 is 2.48 bits per heavy atom. The number of aliphatic hydroxyl groups is 1. The van der Waals surface area contributed by atoms with Gasteiger partial charge in [0.15, 0.2) is 5.96 Å². The molecule has 0 bridgehead atoms. The number of rotatable bonds is 9. The minimum Gasteiger partial charge on any atom is -0.383 e. The van der Waals surface area contributed by atoms with Crippen molar-refractivity contribution in [3.05, 3.63) is 44.8 Å². The fourth-order valence-corrected chi connectivity index (χ4v) is 3.65. The second kappa shape index (κ2) is 12.3. The van der Waals surface area contributed by atoms with Crippen molar-refractivity contribution < 1.29 is 9.90 Å². The van der Waals surface area contributed by atoms with Gasteiger partial charge in [-0.25, -0.2) is 4.99 Å². The van der Waals surface area contributed by atoms with Crippen LogP contribution in [0.15, 0.2) is 40.0 Å². The Balaban J connectivity index is 0.00000364. The fourth-order valence-electron chi connectivity index (χ4n) is 2.23. The van der Waals surface area contributed by atoms with Gasteiger partial charge in [-0.2, -0.15) is 0 Å². The van der Waals surface area contributed by atoms with E-state index in [1.165, 1.54) is 22.7 Å². The third-order valence-electron chi connectivity index (χ3n) is 3.62. The molecule has 0 aliphatic heterocycles. The van der Waals surface area contributed by atoms with E-state index in [0.717, 1.165) is 22.7 Å². The van der Waals surface area contributed by atoms with E-state index < -0.39 is 5.60 Å². The highest BCUT2D eigenvalue weighted by Crippen LogP contribution is 2.25. The van der Waals surface area contributed by atoms with Crippen LogP contribution in [0.25, 0.3) is 0 Å². The maximum Gasteiger partial charge on any atom is 0.261 e. The van der Waals surface area contributed by atoms with Crippen LogP contribution in [0, 0.1) is 0 Å². The van der Waals surface area contributed by atoms with Crippen LogP contribution in [-0.2, 0) is 5.60 Å². The molecule has 1 atom stereocenters. The van der Waals surface area contributed by atoms with Crippen LogP contribution in [0.1, 0.15) is 34.8 Å². The van der Waals surface area contributed by atoms with Gasteiger partial charge in [-0.15, -0.1) is 46.7 Å². The number of hydrogen-bond acceptors (Lipinski definition) is 5. The molecule has 27 heavy (non-hydrogen) atoms. The highest BCUT2D eigenvalue weighted by molar-refractivity contribution is 14.0. The van der Waals surface area contributed by atoms with E-state index >= 15 is 0 Å². The van der Waals surface area contributed by atoms with Crippen LogP contribution in [0.4, 0.5) is 0 Å². The summed E-state index contributed by atoms with van der Waals surface area (Å²) in [5.41, 5.74) is -0.981. The molecule has 1 unspecified atom stereocenters. The predicted octanol–water partition coefficient (Wildman–Crippen LogP) is 3.01. The van der Waals surface area contributed by atoms with E-state index in [2.05, 4.69) is 20.9 Å². The number of aliphatic imine (C=N–C) groups is 1. The number of guanidine groups is 1. The largest absolute Gasteiger partial charge is 0.383 e. The topological polar surface area (TPSA) is 85.8 Å². The minimum atomic E-state index is -0.981. The molecule has 0 aliphatic carbocycles. The number of carbonyl (C=O) groups excluding carboxylic acids is 1. The van der Waals surface area contributed by atoms with Crippen LogP contribution in [0.3, 0.4) is 0 Å². The Kier molecular flexibility index (Phi) is 10.9. The predicted molar refractivity (Wildman–Crippen MR) is 125 cm³/mol. The van der Waals surface area contributed by atoms with Gasteiger partial charge in [0, 0.05) is 24.5 Å².